The van der Waals surface area contributed by atoms with E-state index >= 15 is 0 Å². The highest BCUT2D eigenvalue weighted by molar-refractivity contribution is 7.99. The summed E-state index contributed by atoms with van der Waals surface area (Å²) in [5, 5.41) is 3.08. The van der Waals surface area contributed by atoms with Gasteiger partial charge in [0, 0.05) is 43.2 Å². The summed E-state index contributed by atoms with van der Waals surface area (Å²) in [5.41, 5.74) is 2.20. The Kier molecular flexibility index (Phi) is 6.58. The average Bonchev–Trinajstić information content (AvgIpc) is 2.48. The fourth-order valence-corrected chi connectivity index (χ4v) is 3.39. The van der Waals surface area contributed by atoms with Gasteiger partial charge in [0.25, 0.3) is 0 Å². The Bertz CT molecular complexity index is 456. The molecule has 0 bridgehead atoms. The van der Waals surface area contributed by atoms with Crippen molar-refractivity contribution >= 4 is 23.4 Å². The van der Waals surface area contributed by atoms with Crippen molar-refractivity contribution in [2.24, 2.45) is 5.92 Å². The summed E-state index contributed by atoms with van der Waals surface area (Å²) in [6.45, 7) is 7.51. The van der Waals surface area contributed by atoms with E-state index in [9.17, 15) is 4.79 Å². The first-order chi connectivity index (χ1) is 10.1. The third-order valence-electron chi connectivity index (χ3n) is 3.74. The number of hydrogen-bond acceptors (Lipinski definition) is 3. The highest BCUT2D eigenvalue weighted by Crippen LogP contribution is 2.20. The second-order valence-corrected chi connectivity index (χ2v) is 7.25. The average molecular weight is 306 g/mol. The van der Waals surface area contributed by atoms with Gasteiger partial charge in [-0.05, 0) is 24.0 Å². The van der Waals surface area contributed by atoms with Gasteiger partial charge in [0.05, 0.1) is 0 Å². The molecule has 0 atom stereocenters. The normalized spacial score (nSPS) is 16.1. The Morgan fingerprint density at radius 2 is 2.00 bits per heavy atom. The van der Waals surface area contributed by atoms with E-state index in [0.717, 1.165) is 31.7 Å². The zero-order valence-corrected chi connectivity index (χ0v) is 13.9. The molecule has 1 N–H and O–H groups in total. The van der Waals surface area contributed by atoms with Gasteiger partial charge in [-0.1, -0.05) is 32.0 Å². The Hall–Kier alpha value is -1.00. The van der Waals surface area contributed by atoms with Crippen LogP contribution in [0.4, 0.5) is 5.69 Å². The van der Waals surface area contributed by atoms with Gasteiger partial charge in [0.1, 0.15) is 0 Å². The molecule has 2 rings (SSSR count). The highest BCUT2D eigenvalue weighted by atomic mass is 32.2. The van der Waals surface area contributed by atoms with Gasteiger partial charge < -0.3 is 5.32 Å². The van der Waals surface area contributed by atoms with Crippen molar-refractivity contribution in [2.45, 2.75) is 33.2 Å². The molecule has 1 heterocycles. The first-order valence-corrected chi connectivity index (χ1v) is 8.98. The molecule has 1 aromatic rings. The maximum atomic E-state index is 12.0. The molecule has 1 saturated heterocycles. The van der Waals surface area contributed by atoms with Crippen molar-refractivity contribution in [3.8, 4) is 0 Å². The van der Waals surface area contributed by atoms with Crippen LogP contribution in [0.5, 0.6) is 0 Å². The fraction of sp³-hybridized carbons (Fsp3) is 0.588. The van der Waals surface area contributed by atoms with Crippen LogP contribution in [0.25, 0.3) is 0 Å². The Labute approximate surface area is 132 Å². The predicted octanol–water partition coefficient (Wildman–Crippen LogP) is 3.61. The topological polar surface area (TPSA) is 32.3 Å². The number of carbonyl (C=O) groups is 1. The van der Waals surface area contributed by atoms with Crippen molar-refractivity contribution in [1.29, 1.82) is 0 Å². The summed E-state index contributed by atoms with van der Waals surface area (Å²) < 4.78 is 0. The van der Waals surface area contributed by atoms with Gasteiger partial charge in [-0.2, -0.15) is 11.8 Å². The first kappa shape index (κ1) is 16.4. The SMILES string of the molecule is CC(C)CCC(=O)Nc1ccccc1CN1CCSCC1. The molecule has 0 spiro atoms. The molecule has 0 saturated carbocycles. The number of carbonyl (C=O) groups excluding carboxylic acids is 1. The van der Waals surface area contributed by atoms with E-state index in [2.05, 4.69) is 36.2 Å². The number of rotatable bonds is 6. The standard InChI is InChI=1S/C17H26N2OS/c1-14(2)7-8-17(20)18-16-6-4-3-5-15(16)13-19-9-11-21-12-10-19/h3-6,14H,7-13H2,1-2H3,(H,18,20). The molecule has 0 radical (unpaired) electrons. The minimum absolute atomic E-state index is 0.130. The van der Waals surface area contributed by atoms with Crippen molar-refractivity contribution in [3.63, 3.8) is 0 Å². The van der Waals surface area contributed by atoms with Crippen LogP contribution in [0.2, 0.25) is 0 Å². The van der Waals surface area contributed by atoms with Crippen LogP contribution in [0, 0.1) is 5.92 Å². The van der Waals surface area contributed by atoms with Crippen LogP contribution < -0.4 is 5.32 Å². The maximum absolute atomic E-state index is 12.0. The summed E-state index contributed by atoms with van der Waals surface area (Å²) in [4.78, 5) is 14.5. The van der Waals surface area contributed by atoms with Gasteiger partial charge in [0.15, 0.2) is 0 Å². The number of nitrogens with one attached hydrogen (secondary N) is 1. The molecule has 1 fully saturated rings. The molecule has 4 heteroatoms. The summed E-state index contributed by atoms with van der Waals surface area (Å²) >= 11 is 2.02. The van der Waals surface area contributed by atoms with Crippen molar-refractivity contribution in [1.82, 2.24) is 4.90 Å². The van der Waals surface area contributed by atoms with Crippen LogP contribution in [-0.4, -0.2) is 35.4 Å². The van der Waals surface area contributed by atoms with E-state index < -0.39 is 0 Å². The molecule has 116 valence electrons. The lowest BCUT2D eigenvalue weighted by Crippen LogP contribution is -2.32. The fourth-order valence-electron chi connectivity index (χ4n) is 2.41. The second-order valence-electron chi connectivity index (χ2n) is 6.03. The second kappa shape index (κ2) is 8.44. The van der Waals surface area contributed by atoms with Gasteiger partial charge in [0.2, 0.25) is 5.91 Å². The number of nitrogens with zero attached hydrogens (tertiary/aromatic N) is 1. The number of amides is 1. The molecule has 0 aromatic heterocycles. The molecule has 1 aromatic carbocycles. The third-order valence-corrected chi connectivity index (χ3v) is 4.68. The lowest BCUT2D eigenvalue weighted by atomic mass is 10.1. The number of thioether (sulfide) groups is 1. The number of hydrogen-bond donors (Lipinski definition) is 1. The molecule has 1 amide bonds. The quantitative estimate of drug-likeness (QED) is 0.871. The Balaban J connectivity index is 1.94. The number of anilines is 1. The number of para-hydroxylation sites is 1. The predicted molar refractivity (Wildman–Crippen MR) is 91.7 cm³/mol. The van der Waals surface area contributed by atoms with Gasteiger partial charge >= 0.3 is 0 Å². The van der Waals surface area contributed by atoms with Crippen LogP contribution in [0.15, 0.2) is 24.3 Å². The van der Waals surface area contributed by atoms with E-state index in [-0.39, 0.29) is 5.91 Å². The van der Waals surface area contributed by atoms with Gasteiger partial charge in [-0.25, -0.2) is 0 Å². The maximum Gasteiger partial charge on any atom is 0.224 e. The van der Waals surface area contributed by atoms with Gasteiger partial charge in [-0.3, -0.25) is 9.69 Å². The third kappa shape index (κ3) is 5.71. The largest absolute Gasteiger partial charge is 0.326 e. The van der Waals surface area contributed by atoms with Gasteiger partial charge in [-0.15, -0.1) is 0 Å². The van der Waals surface area contributed by atoms with Crippen molar-refractivity contribution in [2.75, 3.05) is 29.9 Å². The van der Waals surface area contributed by atoms with Crippen LogP contribution >= 0.6 is 11.8 Å². The van der Waals surface area contributed by atoms with E-state index in [1.54, 1.807) is 0 Å². The Morgan fingerprint density at radius 1 is 1.29 bits per heavy atom. The summed E-state index contributed by atoms with van der Waals surface area (Å²) in [5.74, 6) is 3.12. The Morgan fingerprint density at radius 3 is 2.71 bits per heavy atom. The molecule has 0 aliphatic carbocycles. The summed E-state index contributed by atoms with van der Waals surface area (Å²) in [6, 6.07) is 8.19. The van der Waals surface area contributed by atoms with Crippen molar-refractivity contribution < 1.29 is 4.79 Å². The molecule has 0 unspecified atom stereocenters. The zero-order valence-electron chi connectivity index (χ0n) is 13.1. The van der Waals surface area contributed by atoms with Crippen molar-refractivity contribution in [3.05, 3.63) is 29.8 Å². The minimum atomic E-state index is 0.130. The number of benzene rings is 1. The molecule has 1 aliphatic heterocycles. The van der Waals surface area contributed by atoms with Crippen LogP contribution in [0.1, 0.15) is 32.3 Å². The molecular formula is C17H26N2OS. The van der Waals surface area contributed by atoms with Crippen LogP contribution in [-0.2, 0) is 11.3 Å². The zero-order chi connectivity index (χ0) is 15.1. The molecule has 21 heavy (non-hydrogen) atoms. The van der Waals surface area contributed by atoms with E-state index in [0.29, 0.717) is 12.3 Å². The first-order valence-electron chi connectivity index (χ1n) is 7.83. The van der Waals surface area contributed by atoms with Crippen LogP contribution in [0.3, 0.4) is 0 Å². The van der Waals surface area contributed by atoms with E-state index in [1.807, 2.05) is 23.9 Å². The van der Waals surface area contributed by atoms with E-state index in [4.69, 9.17) is 0 Å². The lowest BCUT2D eigenvalue weighted by molar-refractivity contribution is -0.116. The highest BCUT2D eigenvalue weighted by Gasteiger charge is 2.13. The van der Waals surface area contributed by atoms with E-state index in [1.165, 1.54) is 17.1 Å². The molecule has 3 nitrogen and oxygen atoms in total. The summed E-state index contributed by atoms with van der Waals surface area (Å²) in [6.07, 6.45) is 1.55. The minimum Gasteiger partial charge on any atom is -0.326 e. The molecule has 1 aliphatic rings. The lowest BCUT2D eigenvalue weighted by Gasteiger charge is -2.27. The summed E-state index contributed by atoms with van der Waals surface area (Å²) in [7, 11) is 0. The monoisotopic (exact) mass is 306 g/mol. The molecular weight excluding hydrogens is 280 g/mol. The smallest absolute Gasteiger partial charge is 0.224 e.